The quantitative estimate of drug-likeness (QED) is 0.810. The Bertz CT molecular complexity index is 428. The van der Waals surface area contributed by atoms with Crippen molar-refractivity contribution in [2.45, 2.75) is 13.0 Å². The third-order valence-corrected chi connectivity index (χ3v) is 3.42. The summed E-state index contributed by atoms with van der Waals surface area (Å²) in [6, 6.07) is 7.79. The molecule has 0 bridgehead atoms. The Hall–Kier alpha value is -1.24. The van der Waals surface area contributed by atoms with E-state index in [0.717, 1.165) is 18.8 Å². The van der Waals surface area contributed by atoms with E-state index in [0.29, 0.717) is 16.5 Å². The van der Waals surface area contributed by atoms with E-state index in [2.05, 4.69) is 17.9 Å². The van der Waals surface area contributed by atoms with Crippen LogP contribution in [-0.2, 0) is 0 Å². The first-order chi connectivity index (χ1) is 7.61. The summed E-state index contributed by atoms with van der Waals surface area (Å²) in [7, 11) is 0. The summed E-state index contributed by atoms with van der Waals surface area (Å²) in [6.07, 6.45) is 0. The number of rotatable bonds is 1. The molecule has 84 valence electrons. The lowest BCUT2D eigenvalue weighted by Gasteiger charge is -2.18. The molecule has 0 radical (unpaired) electrons. The van der Waals surface area contributed by atoms with Gasteiger partial charge in [0.2, 0.25) is 0 Å². The highest BCUT2D eigenvalue weighted by Crippen LogP contribution is 2.27. The van der Waals surface area contributed by atoms with Crippen LogP contribution >= 0.6 is 11.6 Å². The minimum Gasteiger partial charge on any atom is -0.370 e. The summed E-state index contributed by atoms with van der Waals surface area (Å²) in [4.78, 5) is 2.21. The van der Waals surface area contributed by atoms with Gasteiger partial charge in [-0.2, -0.15) is 5.26 Å². The molecule has 1 fully saturated rings. The number of benzene rings is 1. The van der Waals surface area contributed by atoms with Gasteiger partial charge in [0.15, 0.2) is 0 Å². The van der Waals surface area contributed by atoms with Crippen molar-refractivity contribution in [1.82, 2.24) is 0 Å². The van der Waals surface area contributed by atoms with E-state index in [9.17, 15) is 0 Å². The molecule has 2 unspecified atom stereocenters. The summed E-state index contributed by atoms with van der Waals surface area (Å²) in [5, 5.41) is 9.30. The van der Waals surface area contributed by atoms with Gasteiger partial charge in [-0.25, -0.2) is 0 Å². The van der Waals surface area contributed by atoms with E-state index in [1.165, 1.54) is 0 Å². The number of halogens is 1. The molecule has 2 N–H and O–H groups in total. The monoisotopic (exact) mass is 235 g/mol. The van der Waals surface area contributed by atoms with Gasteiger partial charge in [-0.15, -0.1) is 0 Å². The second kappa shape index (κ2) is 4.32. The van der Waals surface area contributed by atoms with Crippen molar-refractivity contribution in [2.75, 3.05) is 18.0 Å². The van der Waals surface area contributed by atoms with Gasteiger partial charge in [-0.1, -0.05) is 18.5 Å². The van der Waals surface area contributed by atoms with Gasteiger partial charge < -0.3 is 10.6 Å². The Balaban J connectivity index is 2.23. The van der Waals surface area contributed by atoms with Gasteiger partial charge in [0, 0.05) is 24.8 Å². The fourth-order valence-corrected chi connectivity index (χ4v) is 2.21. The van der Waals surface area contributed by atoms with Crippen LogP contribution < -0.4 is 10.6 Å². The lowest BCUT2D eigenvalue weighted by atomic mass is 10.1. The maximum atomic E-state index is 8.79. The average Bonchev–Trinajstić information content (AvgIpc) is 2.59. The molecular formula is C12H14ClN3. The molecule has 16 heavy (non-hydrogen) atoms. The van der Waals surface area contributed by atoms with Crippen LogP contribution in [0.1, 0.15) is 12.5 Å². The first-order valence-electron chi connectivity index (χ1n) is 5.32. The standard InChI is InChI=1S/C12H14ClN3/c1-8-6-16(7-12(8)15)10-3-2-9(5-14)11(13)4-10/h2-4,8,12H,6-7,15H2,1H3. The van der Waals surface area contributed by atoms with Crippen LogP contribution in [0.3, 0.4) is 0 Å². The van der Waals surface area contributed by atoms with E-state index in [-0.39, 0.29) is 6.04 Å². The highest BCUT2D eigenvalue weighted by Gasteiger charge is 2.26. The first-order valence-corrected chi connectivity index (χ1v) is 5.70. The fraction of sp³-hybridized carbons (Fsp3) is 0.417. The Labute approximate surface area is 100 Å². The molecule has 0 amide bonds. The van der Waals surface area contributed by atoms with E-state index in [1.54, 1.807) is 6.07 Å². The molecule has 0 aromatic heterocycles. The Morgan fingerprint density at radius 2 is 2.25 bits per heavy atom. The zero-order valence-corrected chi connectivity index (χ0v) is 9.91. The summed E-state index contributed by atoms with van der Waals surface area (Å²) in [5.74, 6) is 0.495. The zero-order valence-electron chi connectivity index (χ0n) is 9.15. The van der Waals surface area contributed by atoms with E-state index >= 15 is 0 Å². The molecule has 2 rings (SSSR count). The number of hydrogen-bond acceptors (Lipinski definition) is 3. The van der Waals surface area contributed by atoms with Gasteiger partial charge in [-0.05, 0) is 24.1 Å². The molecule has 0 aliphatic carbocycles. The largest absolute Gasteiger partial charge is 0.370 e. The molecule has 4 heteroatoms. The Morgan fingerprint density at radius 3 is 2.75 bits per heavy atom. The number of anilines is 1. The molecule has 2 atom stereocenters. The second-order valence-electron chi connectivity index (χ2n) is 4.32. The molecule has 1 saturated heterocycles. The molecule has 0 spiro atoms. The molecule has 1 heterocycles. The van der Waals surface area contributed by atoms with Crippen molar-refractivity contribution in [1.29, 1.82) is 5.26 Å². The number of nitrogens with two attached hydrogens (primary N) is 1. The Kier molecular flexibility index (Phi) is 3.04. The third-order valence-electron chi connectivity index (χ3n) is 3.11. The fourth-order valence-electron chi connectivity index (χ4n) is 1.99. The van der Waals surface area contributed by atoms with Gasteiger partial charge in [0.25, 0.3) is 0 Å². The van der Waals surface area contributed by atoms with Crippen LogP contribution in [0.4, 0.5) is 5.69 Å². The van der Waals surface area contributed by atoms with Crippen molar-refractivity contribution >= 4 is 17.3 Å². The SMILES string of the molecule is CC1CN(c2ccc(C#N)c(Cl)c2)CC1N. The van der Waals surface area contributed by atoms with Gasteiger partial charge in [-0.3, -0.25) is 0 Å². The highest BCUT2D eigenvalue weighted by atomic mass is 35.5. The van der Waals surface area contributed by atoms with Gasteiger partial charge in [0.05, 0.1) is 10.6 Å². The number of nitrogens with zero attached hydrogens (tertiary/aromatic N) is 2. The maximum Gasteiger partial charge on any atom is 0.101 e. The van der Waals surface area contributed by atoms with Crippen LogP contribution in [0.25, 0.3) is 0 Å². The van der Waals surface area contributed by atoms with Crippen LogP contribution in [0.2, 0.25) is 5.02 Å². The van der Waals surface area contributed by atoms with Crippen molar-refractivity contribution in [2.24, 2.45) is 11.7 Å². The maximum absolute atomic E-state index is 8.79. The van der Waals surface area contributed by atoms with Crippen LogP contribution in [0.5, 0.6) is 0 Å². The normalized spacial score (nSPS) is 24.5. The average molecular weight is 236 g/mol. The predicted octanol–water partition coefficient (Wildman–Crippen LogP) is 2.00. The van der Waals surface area contributed by atoms with Crippen LogP contribution in [0.15, 0.2) is 18.2 Å². The van der Waals surface area contributed by atoms with E-state index in [4.69, 9.17) is 22.6 Å². The first kappa shape index (κ1) is 11.3. The van der Waals surface area contributed by atoms with E-state index in [1.807, 2.05) is 12.1 Å². The van der Waals surface area contributed by atoms with Crippen molar-refractivity contribution in [3.8, 4) is 6.07 Å². The minimum atomic E-state index is 0.217. The summed E-state index contributed by atoms with van der Waals surface area (Å²) >= 11 is 6.00. The molecular weight excluding hydrogens is 222 g/mol. The summed E-state index contributed by atoms with van der Waals surface area (Å²) in [5.41, 5.74) is 7.53. The Morgan fingerprint density at radius 1 is 1.50 bits per heavy atom. The number of hydrogen-bond donors (Lipinski definition) is 1. The van der Waals surface area contributed by atoms with Crippen LogP contribution in [-0.4, -0.2) is 19.1 Å². The lowest BCUT2D eigenvalue weighted by molar-refractivity contribution is 0.566. The topological polar surface area (TPSA) is 53.0 Å². The molecule has 1 aliphatic heterocycles. The third kappa shape index (κ3) is 1.99. The van der Waals surface area contributed by atoms with Gasteiger partial charge >= 0.3 is 0 Å². The summed E-state index contributed by atoms with van der Waals surface area (Å²) in [6.45, 7) is 3.95. The van der Waals surface area contributed by atoms with Crippen molar-refractivity contribution < 1.29 is 0 Å². The highest BCUT2D eigenvalue weighted by molar-refractivity contribution is 6.32. The predicted molar refractivity (Wildman–Crippen MR) is 65.5 cm³/mol. The molecule has 0 saturated carbocycles. The lowest BCUT2D eigenvalue weighted by Crippen LogP contribution is -2.28. The van der Waals surface area contributed by atoms with Gasteiger partial charge in [0.1, 0.15) is 6.07 Å². The molecule has 1 aromatic rings. The molecule has 3 nitrogen and oxygen atoms in total. The summed E-state index contributed by atoms with van der Waals surface area (Å²) < 4.78 is 0. The van der Waals surface area contributed by atoms with Crippen molar-refractivity contribution in [3.63, 3.8) is 0 Å². The second-order valence-corrected chi connectivity index (χ2v) is 4.73. The smallest absolute Gasteiger partial charge is 0.101 e. The van der Waals surface area contributed by atoms with Crippen molar-refractivity contribution in [3.05, 3.63) is 28.8 Å². The van der Waals surface area contributed by atoms with Crippen LogP contribution in [0, 0.1) is 17.2 Å². The molecule has 1 aliphatic rings. The van der Waals surface area contributed by atoms with E-state index < -0.39 is 0 Å². The molecule has 1 aromatic carbocycles. The minimum absolute atomic E-state index is 0.217. The number of nitriles is 1. The zero-order chi connectivity index (χ0) is 11.7.